The van der Waals surface area contributed by atoms with Crippen molar-refractivity contribution in [3.05, 3.63) is 71.9 Å². The second-order valence-electron chi connectivity index (χ2n) is 7.07. The number of benzene rings is 2. The van der Waals surface area contributed by atoms with E-state index in [0.29, 0.717) is 17.5 Å². The van der Waals surface area contributed by atoms with Crippen LogP contribution in [0.1, 0.15) is 15.9 Å². The van der Waals surface area contributed by atoms with Crippen LogP contribution in [0.5, 0.6) is 0 Å². The SMILES string of the molecule is Cc1cccc(N2CCN(c3nccc(Nc4cccc(C(=O)O)c4)n3)CC2)c1. The minimum atomic E-state index is -0.955. The zero-order valence-corrected chi connectivity index (χ0v) is 16.2. The number of aromatic carboxylic acids is 1. The molecule has 0 amide bonds. The molecule has 3 aromatic rings. The number of anilines is 4. The lowest BCUT2D eigenvalue weighted by atomic mass is 10.2. The monoisotopic (exact) mass is 389 g/mol. The number of hydrogen-bond donors (Lipinski definition) is 2. The Morgan fingerprint density at radius 2 is 1.76 bits per heavy atom. The third-order valence-electron chi connectivity index (χ3n) is 4.95. The molecule has 4 rings (SSSR count). The van der Waals surface area contributed by atoms with Crippen molar-refractivity contribution in [1.29, 1.82) is 0 Å². The topological polar surface area (TPSA) is 81.6 Å². The Kier molecular flexibility index (Phi) is 5.29. The fourth-order valence-corrected chi connectivity index (χ4v) is 3.44. The molecule has 148 valence electrons. The number of aromatic nitrogens is 2. The van der Waals surface area contributed by atoms with Gasteiger partial charge in [-0.1, -0.05) is 18.2 Å². The third-order valence-corrected chi connectivity index (χ3v) is 4.95. The van der Waals surface area contributed by atoms with Crippen molar-refractivity contribution in [1.82, 2.24) is 9.97 Å². The third kappa shape index (κ3) is 4.45. The first-order chi connectivity index (χ1) is 14.1. The number of carbonyl (C=O) groups is 1. The number of hydrogen-bond acceptors (Lipinski definition) is 6. The molecule has 0 radical (unpaired) electrons. The van der Waals surface area contributed by atoms with E-state index in [1.54, 1.807) is 30.5 Å². The molecule has 0 saturated carbocycles. The molecule has 0 unspecified atom stereocenters. The van der Waals surface area contributed by atoms with Crippen molar-refractivity contribution in [3.63, 3.8) is 0 Å². The highest BCUT2D eigenvalue weighted by atomic mass is 16.4. The largest absolute Gasteiger partial charge is 0.478 e. The predicted molar refractivity (Wildman–Crippen MR) is 114 cm³/mol. The van der Waals surface area contributed by atoms with Crippen LogP contribution in [0.3, 0.4) is 0 Å². The van der Waals surface area contributed by atoms with Crippen LogP contribution in [0.15, 0.2) is 60.8 Å². The van der Waals surface area contributed by atoms with Gasteiger partial charge in [-0.25, -0.2) is 9.78 Å². The van der Waals surface area contributed by atoms with Gasteiger partial charge < -0.3 is 20.2 Å². The summed E-state index contributed by atoms with van der Waals surface area (Å²) in [5.41, 5.74) is 3.42. The molecule has 0 atom stereocenters. The summed E-state index contributed by atoms with van der Waals surface area (Å²) in [6.07, 6.45) is 1.72. The Balaban J connectivity index is 1.43. The summed E-state index contributed by atoms with van der Waals surface area (Å²) in [5, 5.41) is 12.3. The summed E-state index contributed by atoms with van der Waals surface area (Å²) in [4.78, 5) is 24.7. The van der Waals surface area contributed by atoms with Gasteiger partial charge in [0.15, 0.2) is 0 Å². The highest BCUT2D eigenvalue weighted by molar-refractivity contribution is 5.89. The maximum Gasteiger partial charge on any atom is 0.335 e. The highest BCUT2D eigenvalue weighted by Gasteiger charge is 2.19. The van der Waals surface area contributed by atoms with Gasteiger partial charge >= 0.3 is 5.97 Å². The first kappa shape index (κ1) is 18.7. The van der Waals surface area contributed by atoms with Crippen LogP contribution in [-0.4, -0.2) is 47.2 Å². The van der Waals surface area contributed by atoms with Crippen molar-refractivity contribution >= 4 is 29.1 Å². The minimum Gasteiger partial charge on any atom is -0.478 e. The van der Waals surface area contributed by atoms with E-state index in [-0.39, 0.29) is 5.56 Å². The van der Waals surface area contributed by atoms with Crippen molar-refractivity contribution in [2.75, 3.05) is 41.3 Å². The fraction of sp³-hybridized carbons (Fsp3) is 0.227. The van der Waals surface area contributed by atoms with Crippen LogP contribution < -0.4 is 15.1 Å². The second-order valence-corrected chi connectivity index (χ2v) is 7.07. The number of aryl methyl sites for hydroxylation is 1. The molecule has 7 nitrogen and oxygen atoms in total. The molecular weight excluding hydrogens is 366 g/mol. The van der Waals surface area contributed by atoms with E-state index in [9.17, 15) is 4.79 Å². The van der Waals surface area contributed by atoms with Crippen LogP contribution in [0.25, 0.3) is 0 Å². The summed E-state index contributed by atoms with van der Waals surface area (Å²) in [5.74, 6) is 0.357. The maximum atomic E-state index is 11.1. The van der Waals surface area contributed by atoms with E-state index in [4.69, 9.17) is 5.11 Å². The summed E-state index contributed by atoms with van der Waals surface area (Å²) in [6.45, 7) is 5.60. The lowest BCUT2D eigenvalue weighted by Gasteiger charge is -2.36. The molecule has 1 fully saturated rings. The van der Waals surface area contributed by atoms with Crippen LogP contribution in [0, 0.1) is 6.92 Å². The van der Waals surface area contributed by atoms with Gasteiger partial charge in [0, 0.05) is 43.8 Å². The standard InChI is InChI=1S/C22H23N5O2/c1-16-4-2-7-19(14-16)26-10-12-27(13-11-26)22-23-9-8-20(25-22)24-18-6-3-5-17(15-18)21(28)29/h2-9,14-15H,10-13H2,1H3,(H,28,29)(H,23,24,25). The average Bonchev–Trinajstić information content (AvgIpc) is 2.74. The number of rotatable bonds is 5. The Labute approximate surface area is 169 Å². The van der Waals surface area contributed by atoms with E-state index in [1.807, 2.05) is 6.07 Å². The quantitative estimate of drug-likeness (QED) is 0.690. The van der Waals surface area contributed by atoms with E-state index >= 15 is 0 Å². The van der Waals surface area contributed by atoms with Crippen LogP contribution in [0.2, 0.25) is 0 Å². The first-order valence-electron chi connectivity index (χ1n) is 9.58. The van der Waals surface area contributed by atoms with Gasteiger partial charge in [0.05, 0.1) is 5.56 Å². The second kappa shape index (κ2) is 8.18. The van der Waals surface area contributed by atoms with Gasteiger partial charge in [-0.3, -0.25) is 0 Å². The summed E-state index contributed by atoms with van der Waals surface area (Å²) >= 11 is 0. The zero-order valence-electron chi connectivity index (χ0n) is 16.2. The smallest absolute Gasteiger partial charge is 0.335 e. The number of carboxylic acids is 1. The number of carboxylic acid groups (broad SMARTS) is 1. The molecule has 1 saturated heterocycles. The first-order valence-corrected chi connectivity index (χ1v) is 9.58. The van der Waals surface area contributed by atoms with Crippen LogP contribution in [-0.2, 0) is 0 Å². The van der Waals surface area contributed by atoms with Crippen LogP contribution in [0.4, 0.5) is 23.1 Å². The number of piperazine rings is 1. The Morgan fingerprint density at radius 1 is 1.00 bits per heavy atom. The Morgan fingerprint density at radius 3 is 2.52 bits per heavy atom. The minimum absolute atomic E-state index is 0.233. The maximum absolute atomic E-state index is 11.1. The van der Waals surface area contributed by atoms with E-state index in [0.717, 1.165) is 26.2 Å². The van der Waals surface area contributed by atoms with Crippen molar-refractivity contribution in [2.24, 2.45) is 0 Å². The fourth-order valence-electron chi connectivity index (χ4n) is 3.44. The summed E-state index contributed by atoms with van der Waals surface area (Å²) < 4.78 is 0. The highest BCUT2D eigenvalue weighted by Crippen LogP contribution is 2.21. The van der Waals surface area contributed by atoms with Gasteiger partial charge in [0.2, 0.25) is 5.95 Å². The number of nitrogens with zero attached hydrogens (tertiary/aromatic N) is 4. The van der Waals surface area contributed by atoms with Gasteiger partial charge in [-0.05, 0) is 48.9 Å². The normalized spacial score (nSPS) is 14.0. The molecule has 29 heavy (non-hydrogen) atoms. The Bertz CT molecular complexity index is 1020. The lowest BCUT2D eigenvalue weighted by Crippen LogP contribution is -2.47. The molecule has 1 aromatic heterocycles. The summed E-state index contributed by atoms with van der Waals surface area (Å²) in [7, 11) is 0. The molecular formula is C22H23N5O2. The van der Waals surface area contributed by atoms with E-state index in [1.165, 1.54) is 11.3 Å². The summed E-state index contributed by atoms with van der Waals surface area (Å²) in [6, 6.07) is 17.0. The van der Waals surface area contributed by atoms with Crippen molar-refractivity contribution in [3.8, 4) is 0 Å². The predicted octanol–water partition coefficient (Wildman–Crippen LogP) is 3.55. The van der Waals surface area contributed by atoms with Crippen molar-refractivity contribution in [2.45, 2.75) is 6.92 Å². The van der Waals surface area contributed by atoms with Gasteiger partial charge in [0.25, 0.3) is 0 Å². The molecule has 0 spiro atoms. The Hall–Kier alpha value is -3.61. The molecule has 0 bridgehead atoms. The molecule has 2 aromatic carbocycles. The van der Waals surface area contributed by atoms with Crippen LogP contribution >= 0.6 is 0 Å². The molecule has 7 heteroatoms. The van der Waals surface area contributed by atoms with Gasteiger partial charge in [-0.2, -0.15) is 4.98 Å². The van der Waals surface area contributed by atoms with Crippen molar-refractivity contribution < 1.29 is 9.90 Å². The van der Waals surface area contributed by atoms with Gasteiger partial charge in [0.1, 0.15) is 5.82 Å². The van der Waals surface area contributed by atoms with E-state index in [2.05, 4.69) is 56.3 Å². The molecule has 1 aliphatic heterocycles. The molecule has 0 aliphatic carbocycles. The molecule has 2 heterocycles. The molecule has 1 aliphatic rings. The number of nitrogens with one attached hydrogen (secondary N) is 1. The molecule has 2 N–H and O–H groups in total. The average molecular weight is 389 g/mol. The lowest BCUT2D eigenvalue weighted by molar-refractivity contribution is 0.0697. The van der Waals surface area contributed by atoms with E-state index < -0.39 is 5.97 Å². The zero-order chi connectivity index (χ0) is 20.2. The van der Waals surface area contributed by atoms with Gasteiger partial charge in [-0.15, -0.1) is 0 Å².